The molecule has 2 aliphatic heterocycles. The third kappa shape index (κ3) is 6.45. The summed E-state index contributed by atoms with van der Waals surface area (Å²) in [4.78, 5) is 1.06. The first kappa shape index (κ1) is 29.2. The van der Waals surface area contributed by atoms with E-state index in [1.807, 2.05) is 92.7 Å². The Labute approximate surface area is 241 Å². The van der Waals surface area contributed by atoms with E-state index in [1.54, 1.807) is 26.0 Å². The molecule has 0 N–H and O–H groups in total. The lowest BCUT2D eigenvalue weighted by Crippen LogP contribution is -2.72. The van der Waals surface area contributed by atoms with Gasteiger partial charge in [-0.3, -0.25) is 0 Å². The highest BCUT2D eigenvalue weighted by Gasteiger charge is 2.62. The summed E-state index contributed by atoms with van der Waals surface area (Å²) in [5.41, 5.74) is 1.73. The fraction of sp³-hybridized carbons (Fsp3) is 0.438. The standard InChI is InChI=1S/C32H38O7S/c1-31(33-3)32(2,34-4)39-29-28(38-31)27(36-21-24-16-10-6-11-17-24)26(22-35-20-23-14-8-5-9-15-23)37-30(29)40-25-18-12-7-13-19-25/h5-19,26-30H,20-22H2,1-4H3/t26-,27-,28+,29-,30+,31?,32?/m1/s1. The topological polar surface area (TPSA) is 64.6 Å². The Hall–Kier alpha value is -2.27. The minimum atomic E-state index is -1.19. The molecule has 2 fully saturated rings. The molecule has 0 spiro atoms. The number of thioether (sulfide) groups is 1. The fourth-order valence-corrected chi connectivity index (χ4v) is 6.16. The number of methoxy groups -OCH3 is 2. The van der Waals surface area contributed by atoms with Gasteiger partial charge in [0.25, 0.3) is 0 Å². The molecule has 2 heterocycles. The van der Waals surface area contributed by atoms with Gasteiger partial charge in [0, 0.05) is 19.1 Å². The van der Waals surface area contributed by atoms with Crippen LogP contribution in [0, 0.1) is 0 Å². The van der Waals surface area contributed by atoms with Gasteiger partial charge in [0.05, 0.1) is 19.8 Å². The van der Waals surface area contributed by atoms with Crippen molar-refractivity contribution in [3.8, 4) is 0 Å². The Balaban J connectivity index is 1.44. The van der Waals surface area contributed by atoms with Gasteiger partial charge < -0.3 is 33.2 Å². The number of ether oxygens (including phenoxy) is 7. The lowest BCUT2D eigenvalue weighted by Gasteiger charge is -2.57. The van der Waals surface area contributed by atoms with Gasteiger partial charge in [-0.1, -0.05) is 90.6 Å². The Morgan fingerprint density at radius 1 is 0.700 bits per heavy atom. The zero-order chi connectivity index (χ0) is 28.0. The minimum absolute atomic E-state index is 0.317. The monoisotopic (exact) mass is 566 g/mol. The van der Waals surface area contributed by atoms with E-state index in [1.165, 1.54) is 0 Å². The van der Waals surface area contributed by atoms with E-state index < -0.39 is 41.4 Å². The summed E-state index contributed by atoms with van der Waals surface area (Å²) in [7, 11) is 3.18. The predicted molar refractivity (Wildman–Crippen MR) is 153 cm³/mol. The van der Waals surface area contributed by atoms with E-state index in [-0.39, 0.29) is 0 Å². The van der Waals surface area contributed by atoms with Crippen LogP contribution in [0.3, 0.4) is 0 Å². The van der Waals surface area contributed by atoms with Crippen LogP contribution < -0.4 is 0 Å². The zero-order valence-electron chi connectivity index (χ0n) is 23.4. The molecule has 0 amide bonds. The molecule has 40 heavy (non-hydrogen) atoms. The SMILES string of the molecule is COC1(C)O[C@@H]2[C@@H](OC1(C)OC)[C@H](Sc1ccccc1)O[C@H](COCc1ccccc1)[C@H]2OCc1ccccc1. The smallest absolute Gasteiger partial charge is 0.220 e. The first-order valence-corrected chi connectivity index (χ1v) is 14.4. The summed E-state index contributed by atoms with van der Waals surface area (Å²) >= 11 is 1.58. The molecule has 2 aliphatic rings. The summed E-state index contributed by atoms with van der Waals surface area (Å²) in [6, 6.07) is 30.3. The normalized spacial score (nSPS) is 31.9. The number of rotatable bonds is 11. The average Bonchev–Trinajstić information content (AvgIpc) is 2.99. The molecule has 7 nitrogen and oxygen atoms in total. The first-order chi connectivity index (χ1) is 19.4. The molecule has 5 rings (SSSR count). The summed E-state index contributed by atoms with van der Waals surface area (Å²) in [5.74, 6) is -2.37. The fourth-order valence-electron chi connectivity index (χ4n) is 5.04. The average molecular weight is 567 g/mol. The zero-order valence-corrected chi connectivity index (χ0v) is 24.3. The molecule has 0 radical (unpaired) electrons. The number of hydrogen-bond acceptors (Lipinski definition) is 8. The van der Waals surface area contributed by atoms with Crippen molar-refractivity contribution < 1.29 is 33.2 Å². The van der Waals surface area contributed by atoms with E-state index in [0.29, 0.717) is 19.8 Å². The van der Waals surface area contributed by atoms with E-state index in [9.17, 15) is 0 Å². The van der Waals surface area contributed by atoms with Gasteiger partial charge in [0.2, 0.25) is 11.6 Å². The molecule has 0 aliphatic carbocycles. The van der Waals surface area contributed by atoms with Crippen molar-refractivity contribution in [1.29, 1.82) is 0 Å². The van der Waals surface area contributed by atoms with Crippen LogP contribution in [-0.4, -0.2) is 62.3 Å². The Bertz CT molecular complexity index is 1180. The minimum Gasteiger partial charge on any atom is -0.374 e. The van der Waals surface area contributed by atoms with Gasteiger partial charge in [-0.25, -0.2) is 0 Å². The van der Waals surface area contributed by atoms with Crippen LogP contribution in [0.5, 0.6) is 0 Å². The second-order valence-corrected chi connectivity index (χ2v) is 11.4. The maximum Gasteiger partial charge on any atom is 0.220 e. The summed E-state index contributed by atoms with van der Waals surface area (Å²) < 4.78 is 44.7. The van der Waals surface area contributed by atoms with Gasteiger partial charge in [-0.05, 0) is 37.1 Å². The molecule has 214 valence electrons. The van der Waals surface area contributed by atoms with Crippen molar-refractivity contribution in [2.45, 2.75) is 73.4 Å². The van der Waals surface area contributed by atoms with Crippen LogP contribution in [0.15, 0.2) is 95.9 Å². The van der Waals surface area contributed by atoms with Gasteiger partial charge in [-0.15, -0.1) is 0 Å². The molecule has 0 aromatic heterocycles. The van der Waals surface area contributed by atoms with Crippen molar-refractivity contribution in [3.63, 3.8) is 0 Å². The molecule has 7 atom stereocenters. The second kappa shape index (κ2) is 13.1. The lowest BCUT2D eigenvalue weighted by atomic mass is 9.95. The molecule has 3 aromatic carbocycles. The van der Waals surface area contributed by atoms with Crippen molar-refractivity contribution in [1.82, 2.24) is 0 Å². The summed E-state index contributed by atoms with van der Waals surface area (Å²) in [6.45, 7) is 4.82. The lowest BCUT2D eigenvalue weighted by molar-refractivity contribution is -0.469. The Morgan fingerprint density at radius 3 is 1.80 bits per heavy atom. The van der Waals surface area contributed by atoms with Crippen LogP contribution in [0.2, 0.25) is 0 Å². The first-order valence-electron chi connectivity index (χ1n) is 13.5. The van der Waals surface area contributed by atoms with E-state index >= 15 is 0 Å². The second-order valence-electron chi connectivity index (χ2n) is 10.2. The van der Waals surface area contributed by atoms with Crippen LogP contribution in [0.4, 0.5) is 0 Å². The van der Waals surface area contributed by atoms with Gasteiger partial charge in [0.1, 0.15) is 29.9 Å². The predicted octanol–water partition coefficient (Wildman–Crippen LogP) is 5.82. The molecular weight excluding hydrogens is 528 g/mol. The molecule has 2 saturated heterocycles. The van der Waals surface area contributed by atoms with E-state index in [4.69, 9.17) is 33.2 Å². The molecule has 3 aromatic rings. The highest BCUT2D eigenvalue weighted by molar-refractivity contribution is 7.99. The number of benzene rings is 3. The van der Waals surface area contributed by atoms with Crippen molar-refractivity contribution in [2.24, 2.45) is 0 Å². The molecular formula is C32H38O7S. The highest BCUT2D eigenvalue weighted by atomic mass is 32.2. The van der Waals surface area contributed by atoms with Crippen LogP contribution >= 0.6 is 11.8 Å². The van der Waals surface area contributed by atoms with E-state index in [0.717, 1.165) is 16.0 Å². The third-order valence-corrected chi connectivity index (χ3v) is 8.75. The molecule has 0 bridgehead atoms. The summed E-state index contributed by atoms with van der Waals surface area (Å²) in [6.07, 6.45) is -1.95. The Morgan fingerprint density at radius 2 is 1.23 bits per heavy atom. The maximum absolute atomic E-state index is 6.75. The Kier molecular flexibility index (Phi) is 9.60. The van der Waals surface area contributed by atoms with Gasteiger partial charge in [0.15, 0.2) is 0 Å². The van der Waals surface area contributed by atoms with E-state index in [2.05, 4.69) is 12.1 Å². The van der Waals surface area contributed by atoms with Crippen molar-refractivity contribution in [2.75, 3.05) is 20.8 Å². The molecule has 2 unspecified atom stereocenters. The van der Waals surface area contributed by atoms with Crippen LogP contribution in [-0.2, 0) is 46.4 Å². The number of hydrogen-bond donors (Lipinski definition) is 0. The van der Waals surface area contributed by atoms with Crippen molar-refractivity contribution in [3.05, 3.63) is 102 Å². The van der Waals surface area contributed by atoms with Crippen molar-refractivity contribution >= 4 is 11.8 Å². The van der Waals surface area contributed by atoms with Crippen LogP contribution in [0.25, 0.3) is 0 Å². The highest BCUT2D eigenvalue weighted by Crippen LogP contribution is 2.47. The summed E-state index contributed by atoms with van der Waals surface area (Å²) in [5, 5.41) is 0. The maximum atomic E-state index is 6.75. The van der Waals surface area contributed by atoms with Gasteiger partial charge in [-0.2, -0.15) is 0 Å². The number of fused-ring (bicyclic) bond motifs is 1. The molecule has 0 saturated carbocycles. The van der Waals surface area contributed by atoms with Gasteiger partial charge >= 0.3 is 0 Å². The quantitative estimate of drug-likeness (QED) is 0.288. The largest absolute Gasteiger partial charge is 0.374 e. The third-order valence-electron chi connectivity index (χ3n) is 7.59. The molecule has 8 heteroatoms. The van der Waals surface area contributed by atoms with Crippen LogP contribution in [0.1, 0.15) is 25.0 Å².